The van der Waals surface area contributed by atoms with Crippen LogP contribution >= 0.6 is 0 Å². The minimum Gasteiger partial charge on any atom is -0.507 e. The van der Waals surface area contributed by atoms with E-state index in [-0.39, 0.29) is 17.2 Å². The van der Waals surface area contributed by atoms with Crippen LogP contribution in [0.2, 0.25) is 0 Å². The monoisotopic (exact) mass is 422 g/mol. The Labute approximate surface area is 181 Å². The molecule has 5 N–H and O–H groups in total. The molecule has 0 amide bonds. The summed E-state index contributed by atoms with van der Waals surface area (Å²) in [7, 11) is 8.02. The highest BCUT2D eigenvalue weighted by Gasteiger charge is 2.21. The number of nitrogens with one attached hydrogen (secondary N) is 2. The molecule has 4 aromatic rings. The van der Waals surface area contributed by atoms with E-state index in [2.05, 4.69) is 19.8 Å². The molecular weight excluding hydrogens is 392 g/mol. The quantitative estimate of drug-likeness (QED) is 0.293. The molecule has 2 aromatic carbocycles. The van der Waals surface area contributed by atoms with Crippen molar-refractivity contribution >= 4 is 21.8 Å². The van der Waals surface area contributed by atoms with E-state index in [1.807, 2.05) is 46.7 Å². The third kappa shape index (κ3) is 3.82. The minimum absolute atomic E-state index is 0.0981. The number of aromatic amines is 2. The number of H-pyrrole nitrogens is 2. The highest BCUT2D eigenvalue weighted by atomic mass is 16.3. The Bertz CT molecular complexity index is 1240. The number of likely N-dealkylation sites (N-methyl/N-ethyl adjacent to an activating group) is 2. The average Bonchev–Trinajstić information content (AvgIpc) is 3.32. The van der Waals surface area contributed by atoms with Crippen molar-refractivity contribution in [1.29, 1.82) is 0 Å². The van der Waals surface area contributed by atoms with Crippen LogP contribution in [0.4, 0.5) is 0 Å². The summed E-state index contributed by atoms with van der Waals surface area (Å²) in [4.78, 5) is 10.6. The lowest BCUT2D eigenvalue weighted by Gasteiger charge is -2.13. The maximum absolute atomic E-state index is 11.1. The number of phenols is 3. The van der Waals surface area contributed by atoms with Gasteiger partial charge in [-0.15, -0.1) is 0 Å². The normalized spacial score (nSPS) is 12.1. The summed E-state index contributed by atoms with van der Waals surface area (Å²) in [6.07, 6.45) is 5.31. The molecule has 7 nitrogen and oxygen atoms in total. The predicted octanol–water partition coefficient (Wildman–Crippen LogP) is 3.64. The zero-order chi connectivity index (χ0) is 22.3. The Morgan fingerprint density at radius 3 is 1.81 bits per heavy atom. The molecular formula is C24H30N4O3. The molecule has 0 radical (unpaired) electrons. The smallest absolute Gasteiger partial charge is 0.167 e. The first-order valence-corrected chi connectivity index (χ1v) is 10.4. The number of fused-ring (bicyclic) bond motifs is 2. The second-order valence-electron chi connectivity index (χ2n) is 8.66. The van der Waals surface area contributed by atoms with Gasteiger partial charge in [-0.25, -0.2) is 0 Å². The lowest BCUT2D eigenvalue weighted by molar-refractivity contribution is 0.406. The molecule has 0 fully saturated rings. The minimum atomic E-state index is -0.224. The summed E-state index contributed by atoms with van der Waals surface area (Å²) in [5.41, 5.74) is 4.40. The van der Waals surface area contributed by atoms with Crippen molar-refractivity contribution in [3.05, 3.63) is 41.7 Å². The number of phenolic OH excluding ortho intramolecular Hbond substituents is 3. The molecule has 7 heteroatoms. The van der Waals surface area contributed by atoms with E-state index in [4.69, 9.17) is 0 Å². The first-order valence-electron chi connectivity index (χ1n) is 10.4. The Morgan fingerprint density at radius 2 is 1.23 bits per heavy atom. The fraction of sp³-hybridized carbons (Fsp3) is 0.333. The zero-order valence-corrected chi connectivity index (χ0v) is 18.5. The molecule has 0 aliphatic heterocycles. The molecule has 4 rings (SSSR count). The van der Waals surface area contributed by atoms with Crippen LogP contribution in [0.15, 0.2) is 30.6 Å². The van der Waals surface area contributed by atoms with E-state index in [9.17, 15) is 15.3 Å². The van der Waals surface area contributed by atoms with E-state index in [1.165, 1.54) is 0 Å². The van der Waals surface area contributed by atoms with Crippen LogP contribution in [0.5, 0.6) is 17.2 Å². The fourth-order valence-corrected chi connectivity index (χ4v) is 4.11. The van der Waals surface area contributed by atoms with Crippen LogP contribution in [-0.2, 0) is 12.8 Å². The maximum atomic E-state index is 11.1. The van der Waals surface area contributed by atoms with Gasteiger partial charge in [0.25, 0.3) is 0 Å². The van der Waals surface area contributed by atoms with E-state index in [1.54, 1.807) is 12.1 Å². The molecule has 2 aromatic heterocycles. The fourth-order valence-electron chi connectivity index (χ4n) is 4.11. The van der Waals surface area contributed by atoms with Crippen molar-refractivity contribution in [3.8, 4) is 28.4 Å². The predicted molar refractivity (Wildman–Crippen MR) is 125 cm³/mol. The van der Waals surface area contributed by atoms with Crippen LogP contribution in [0.25, 0.3) is 32.9 Å². The molecule has 0 aliphatic carbocycles. The van der Waals surface area contributed by atoms with Gasteiger partial charge in [0.1, 0.15) is 5.75 Å². The average molecular weight is 423 g/mol. The maximum Gasteiger partial charge on any atom is 0.167 e. The van der Waals surface area contributed by atoms with Gasteiger partial charge in [-0.05, 0) is 70.4 Å². The van der Waals surface area contributed by atoms with Crippen molar-refractivity contribution in [1.82, 2.24) is 19.8 Å². The van der Waals surface area contributed by atoms with Crippen LogP contribution < -0.4 is 0 Å². The Balaban J connectivity index is 1.82. The summed E-state index contributed by atoms with van der Waals surface area (Å²) in [6.45, 7) is 1.68. The van der Waals surface area contributed by atoms with E-state index >= 15 is 0 Å². The summed E-state index contributed by atoms with van der Waals surface area (Å²) in [5, 5.41) is 34.2. The standard InChI is InChI=1S/C24H30N4O3/c1-27(2)9-7-14-12-25-18-6-5-16(22(29)20(14)18)17-11-19-21(24(31)23(17)30)15(13-26-19)8-10-28(3)4/h5-6,11-13,25-26,29-31H,7-10H2,1-4H3. The Hall–Kier alpha value is -3.16. The highest BCUT2D eigenvalue weighted by molar-refractivity contribution is 6.01. The number of aromatic nitrogens is 2. The van der Waals surface area contributed by atoms with Gasteiger partial charge >= 0.3 is 0 Å². The van der Waals surface area contributed by atoms with Gasteiger partial charge in [-0.2, -0.15) is 0 Å². The Morgan fingerprint density at radius 1 is 0.677 bits per heavy atom. The first kappa shape index (κ1) is 21.1. The topological polar surface area (TPSA) is 98.8 Å². The summed E-state index contributed by atoms with van der Waals surface area (Å²) in [5.74, 6) is -0.289. The number of aromatic hydroxyl groups is 3. The third-order valence-electron chi connectivity index (χ3n) is 5.85. The number of hydrogen-bond acceptors (Lipinski definition) is 5. The van der Waals surface area contributed by atoms with Crippen LogP contribution in [0.1, 0.15) is 11.1 Å². The third-order valence-corrected chi connectivity index (χ3v) is 5.85. The van der Waals surface area contributed by atoms with Crippen molar-refractivity contribution in [3.63, 3.8) is 0 Å². The molecule has 0 unspecified atom stereocenters. The van der Waals surface area contributed by atoms with E-state index < -0.39 is 0 Å². The lowest BCUT2D eigenvalue weighted by Crippen LogP contribution is -2.14. The largest absolute Gasteiger partial charge is 0.507 e. The molecule has 0 saturated heterocycles. The summed E-state index contributed by atoms with van der Waals surface area (Å²) in [6, 6.07) is 5.44. The summed E-state index contributed by atoms with van der Waals surface area (Å²) >= 11 is 0. The first-order chi connectivity index (χ1) is 14.8. The van der Waals surface area contributed by atoms with Gasteiger partial charge in [0, 0.05) is 52.9 Å². The van der Waals surface area contributed by atoms with E-state index in [0.29, 0.717) is 16.5 Å². The van der Waals surface area contributed by atoms with Gasteiger partial charge in [-0.1, -0.05) is 0 Å². The van der Waals surface area contributed by atoms with Crippen molar-refractivity contribution in [2.24, 2.45) is 0 Å². The van der Waals surface area contributed by atoms with Crippen LogP contribution in [0.3, 0.4) is 0 Å². The lowest BCUT2D eigenvalue weighted by atomic mass is 9.97. The van der Waals surface area contributed by atoms with Crippen LogP contribution in [-0.4, -0.2) is 76.4 Å². The summed E-state index contributed by atoms with van der Waals surface area (Å²) < 4.78 is 0. The van der Waals surface area contributed by atoms with E-state index in [0.717, 1.165) is 53.5 Å². The van der Waals surface area contributed by atoms with Crippen molar-refractivity contribution in [2.45, 2.75) is 12.8 Å². The van der Waals surface area contributed by atoms with Crippen molar-refractivity contribution in [2.75, 3.05) is 41.3 Å². The number of nitrogens with zero attached hydrogens (tertiary/aromatic N) is 2. The molecule has 2 heterocycles. The van der Waals surface area contributed by atoms with Gasteiger partial charge in [0.05, 0.1) is 5.52 Å². The molecule has 0 atom stereocenters. The van der Waals surface area contributed by atoms with Crippen LogP contribution in [0, 0.1) is 0 Å². The molecule has 0 aliphatic rings. The van der Waals surface area contributed by atoms with Gasteiger partial charge in [-0.3, -0.25) is 0 Å². The number of benzene rings is 2. The molecule has 164 valence electrons. The zero-order valence-electron chi connectivity index (χ0n) is 18.5. The number of hydrogen-bond donors (Lipinski definition) is 5. The molecule has 0 saturated carbocycles. The van der Waals surface area contributed by atoms with Gasteiger partial charge < -0.3 is 35.1 Å². The molecule has 31 heavy (non-hydrogen) atoms. The van der Waals surface area contributed by atoms with Gasteiger partial charge in [0.2, 0.25) is 0 Å². The van der Waals surface area contributed by atoms with Gasteiger partial charge in [0.15, 0.2) is 11.5 Å². The Kier molecular flexibility index (Phi) is 5.56. The molecule has 0 spiro atoms. The highest BCUT2D eigenvalue weighted by Crippen LogP contribution is 2.47. The SMILES string of the molecule is CN(C)CCc1c[nH]c2ccc(-c3cc4[nH]cc(CCN(C)C)c4c(O)c3O)c(O)c12. The molecule has 0 bridgehead atoms. The second kappa shape index (κ2) is 8.17. The second-order valence-corrected chi connectivity index (χ2v) is 8.66. The van der Waals surface area contributed by atoms with Crippen molar-refractivity contribution < 1.29 is 15.3 Å². The number of rotatable bonds is 7.